The van der Waals surface area contributed by atoms with Crippen LogP contribution in [0.2, 0.25) is 0 Å². The Kier molecular flexibility index (Phi) is 5.68. The summed E-state index contributed by atoms with van der Waals surface area (Å²) in [6, 6.07) is 12.0. The second-order valence-corrected chi connectivity index (χ2v) is 7.33. The van der Waals surface area contributed by atoms with Crippen molar-refractivity contribution in [3.63, 3.8) is 0 Å². The van der Waals surface area contributed by atoms with Crippen LogP contribution in [0.25, 0.3) is 21.9 Å². The largest absolute Gasteiger partial charge is 0.416 e. The normalized spacial score (nSPS) is 17.2. The minimum absolute atomic E-state index is 0.184. The number of morpholine rings is 1. The number of carbonyl (C=O) groups is 1. The van der Waals surface area contributed by atoms with Gasteiger partial charge in [0.05, 0.1) is 24.9 Å². The van der Waals surface area contributed by atoms with E-state index in [4.69, 9.17) is 4.74 Å². The monoisotopic (exact) mass is 433 g/mol. The summed E-state index contributed by atoms with van der Waals surface area (Å²) in [5, 5.41) is 10.3. The molecule has 1 atom stereocenters. The van der Waals surface area contributed by atoms with E-state index in [1.54, 1.807) is 29.2 Å². The van der Waals surface area contributed by atoms with Gasteiger partial charge in [-0.05, 0) is 40.6 Å². The molecule has 1 aliphatic heterocycles. The molecule has 8 heteroatoms. The van der Waals surface area contributed by atoms with Crippen LogP contribution in [0.15, 0.2) is 54.6 Å². The highest BCUT2D eigenvalue weighted by Gasteiger charge is 2.32. The maximum Gasteiger partial charge on any atom is 0.416 e. The van der Waals surface area contributed by atoms with Gasteiger partial charge in [0, 0.05) is 24.2 Å². The van der Waals surface area contributed by atoms with E-state index in [1.165, 1.54) is 12.1 Å². The van der Waals surface area contributed by atoms with E-state index in [0.717, 1.165) is 12.1 Å². The van der Waals surface area contributed by atoms with Crippen LogP contribution in [0.4, 0.5) is 17.6 Å². The number of benzene rings is 3. The van der Waals surface area contributed by atoms with E-state index < -0.39 is 23.7 Å². The molecule has 0 aromatic heterocycles. The van der Waals surface area contributed by atoms with Crippen LogP contribution in [0, 0.1) is 5.82 Å². The van der Waals surface area contributed by atoms with Crippen molar-refractivity contribution in [3.05, 3.63) is 71.5 Å². The number of hydrogen-bond acceptors (Lipinski definition) is 3. The maximum atomic E-state index is 14.5. The Labute approximate surface area is 175 Å². The first-order chi connectivity index (χ1) is 14.8. The van der Waals surface area contributed by atoms with Gasteiger partial charge in [-0.1, -0.05) is 30.3 Å². The third-order valence-electron chi connectivity index (χ3n) is 5.37. The van der Waals surface area contributed by atoms with E-state index >= 15 is 0 Å². The van der Waals surface area contributed by atoms with Gasteiger partial charge < -0.3 is 14.7 Å². The quantitative estimate of drug-likeness (QED) is 0.619. The van der Waals surface area contributed by atoms with Crippen molar-refractivity contribution in [2.45, 2.75) is 12.3 Å². The molecule has 4 rings (SSSR count). The highest BCUT2D eigenvalue weighted by Crippen LogP contribution is 2.37. The lowest BCUT2D eigenvalue weighted by Crippen LogP contribution is -2.46. The van der Waals surface area contributed by atoms with Gasteiger partial charge in [0.1, 0.15) is 5.82 Å². The highest BCUT2D eigenvalue weighted by molar-refractivity contribution is 6.11. The first-order valence-electron chi connectivity index (χ1n) is 9.70. The molecule has 0 spiro atoms. The van der Waals surface area contributed by atoms with Gasteiger partial charge in [-0.25, -0.2) is 4.39 Å². The first kappa shape index (κ1) is 21.3. The molecule has 162 valence electrons. The van der Waals surface area contributed by atoms with E-state index in [0.29, 0.717) is 35.6 Å². The summed E-state index contributed by atoms with van der Waals surface area (Å²) in [4.78, 5) is 14.7. The Morgan fingerprint density at radius 3 is 2.52 bits per heavy atom. The van der Waals surface area contributed by atoms with Gasteiger partial charge in [-0.15, -0.1) is 0 Å². The van der Waals surface area contributed by atoms with Crippen LogP contribution < -0.4 is 0 Å². The van der Waals surface area contributed by atoms with Gasteiger partial charge in [0.2, 0.25) is 0 Å². The maximum absolute atomic E-state index is 14.5. The Balaban J connectivity index is 1.81. The summed E-state index contributed by atoms with van der Waals surface area (Å²) in [7, 11) is 0. The number of rotatable bonds is 3. The van der Waals surface area contributed by atoms with Gasteiger partial charge in [0.15, 0.2) is 0 Å². The summed E-state index contributed by atoms with van der Waals surface area (Å²) in [6.07, 6.45) is -5.07. The minimum Gasteiger partial charge on any atom is -0.394 e. The fourth-order valence-electron chi connectivity index (χ4n) is 3.81. The van der Waals surface area contributed by atoms with Crippen LogP contribution in [0.5, 0.6) is 0 Å². The van der Waals surface area contributed by atoms with Crippen LogP contribution in [0.1, 0.15) is 15.9 Å². The smallest absolute Gasteiger partial charge is 0.394 e. The van der Waals surface area contributed by atoms with Crippen molar-refractivity contribution in [3.8, 4) is 11.1 Å². The summed E-state index contributed by atoms with van der Waals surface area (Å²) in [6.45, 7) is 0.669. The summed E-state index contributed by atoms with van der Waals surface area (Å²) in [5.41, 5.74) is -0.510. The lowest BCUT2D eigenvalue weighted by Gasteiger charge is -2.32. The number of ether oxygens (including phenoxy) is 1. The Bertz CT molecular complexity index is 1130. The molecule has 1 heterocycles. The molecule has 0 radical (unpaired) electrons. The zero-order chi connectivity index (χ0) is 22.2. The molecule has 1 fully saturated rings. The molecule has 0 unspecified atom stereocenters. The summed E-state index contributed by atoms with van der Waals surface area (Å²) >= 11 is 0. The fourth-order valence-corrected chi connectivity index (χ4v) is 3.81. The van der Waals surface area contributed by atoms with Crippen LogP contribution >= 0.6 is 0 Å². The van der Waals surface area contributed by atoms with Crippen molar-refractivity contribution in [2.24, 2.45) is 0 Å². The standard InChI is InChI=1S/C23H19F4NO3/c24-21-8-5-14(23(25,26)27)11-20(21)18-6-7-19(17-4-2-1-3-16(17)18)22(30)28-9-10-31-15(12-28)13-29/h1-8,11,15,29H,9-10,12-13H2/t15-/m0/s1. The fraction of sp³-hybridized carbons (Fsp3) is 0.261. The third kappa shape index (κ3) is 4.13. The Morgan fingerprint density at radius 1 is 1.06 bits per heavy atom. The van der Waals surface area contributed by atoms with E-state index in [1.807, 2.05) is 0 Å². The first-order valence-corrected chi connectivity index (χ1v) is 9.70. The van der Waals surface area contributed by atoms with Crippen molar-refractivity contribution in [1.82, 2.24) is 4.90 Å². The molecule has 0 saturated carbocycles. The van der Waals surface area contributed by atoms with Gasteiger partial charge in [0.25, 0.3) is 5.91 Å². The number of halogens is 4. The van der Waals surface area contributed by atoms with Crippen molar-refractivity contribution < 1.29 is 32.2 Å². The topological polar surface area (TPSA) is 49.8 Å². The molecule has 1 saturated heterocycles. The Hall–Kier alpha value is -2.97. The van der Waals surface area contributed by atoms with E-state index in [9.17, 15) is 27.5 Å². The Morgan fingerprint density at radius 2 is 1.81 bits per heavy atom. The summed E-state index contributed by atoms with van der Waals surface area (Å²) < 4.78 is 59.4. The molecule has 0 aliphatic carbocycles. The number of carbonyl (C=O) groups excluding carboxylic acids is 1. The predicted molar refractivity (Wildman–Crippen MR) is 107 cm³/mol. The third-order valence-corrected chi connectivity index (χ3v) is 5.37. The van der Waals surface area contributed by atoms with Crippen LogP contribution in [0.3, 0.4) is 0 Å². The molecular weight excluding hydrogens is 414 g/mol. The minimum atomic E-state index is -4.60. The highest BCUT2D eigenvalue weighted by atomic mass is 19.4. The van der Waals surface area contributed by atoms with Crippen LogP contribution in [-0.2, 0) is 10.9 Å². The molecular formula is C23H19F4NO3. The number of alkyl halides is 3. The number of aliphatic hydroxyl groups excluding tert-OH is 1. The molecule has 3 aromatic carbocycles. The average Bonchev–Trinajstić information content (AvgIpc) is 2.77. The lowest BCUT2D eigenvalue weighted by atomic mass is 9.93. The lowest BCUT2D eigenvalue weighted by molar-refractivity contribution is -0.137. The van der Waals surface area contributed by atoms with E-state index in [2.05, 4.69) is 0 Å². The molecule has 0 bridgehead atoms. The van der Waals surface area contributed by atoms with Crippen LogP contribution in [-0.4, -0.2) is 48.3 Å². The van der Waals surface area contributed by atoms with Crippen molar-refractivity contribution in [2.75, 3.05) is 26.3 Å². The molecule has 1 amide bonds. The molecule has 3 aromatic rings. The number of nitrogens with zero attached hydrogens (tertiary/aromatic N) is 1. The zero-order valence-electron chi connectivity index (χ0n) is 16.3. The number of fused-ring (bicyclic) bond motifs is 1. The van der Waals surface area contributed by atoms with E-state index in [-0.39, 0.29) is 30.2 Å². The second-order valence-electron chi connectivity index (χ2n) is 7.33. The van der Waals surface area contributed by atoms with Gasteiger partial charge >= 0.3 is 6.18 Å². The molecule has 1 N–H and O–H groups in total. The van der Waals surface area contributed by atoms with Crippen molar-refractivity contribution >= 4 is 16.7 Å². The zero-order valence-corrected chi connectivity index (χ0v) is 16.3. The van der Waals surface area contributed by atoms with Gasteiger partial charge in [-0.2, -0.15) is 13.2 Å². The average molecular weight is 433 g/mol. The summed E-state index contributed by atoms with van der Waals surface area (Å²) in [5.74, 6) is -1.06. The number of aliphatic hydroxyl groups is 1. The number of hydrogen-bond donors (Lipinski definition) is 1. The molecule has 1 aliphatic rings. The van der Waals surface area contributed by atoms with Gasteiger partial charge in [-0.3, -0.25) is 4.79 Å². The molecule has 31 heavy (non-hydrogen) atoms. The second kappa shape index (κ2) is 8.28. The number of amides is 1. The SMILES string of the molecule is O=C(c1ccc(-c2cc(C(F)(F)F)ccc2F)c2ccccc12)N1CCO[C@H](CO)C1. The molecule has 4 nitrogen and oxygen atoms in total. The predicted octanol–water partition coefficient (Wildman–Crippen LogP) is 4.50. The van der Waals surface area contributed by atoms with Crippen molar-refractivity contribution in [1.29, 1.82) is 0 Å².